The van der Waals surface area contributed by atoms with E-state index in [2.05, 4.69) is 22.2 Å². The van der Waals surface area contributed by atoms with Crippen molar-refractivity contribution < 1.29 is 0 Å². The molecule has 2 aromatic heterocycles. The molecule has 0 bridgehead atoms. The van der Waals surface area contributed by atoms with Crippen LogP contribution in [0.1, 0.15) is 17.5 Å². The molecule has 0 unspecified atom stereocenters. The van der Waals surface area contributed by atoms with E-state index in [-0.39, 0.29) is 0 Å². The summed E-state index contributed by atoms with van der Waals surface area (Å²) in [5.74, 6) is 0. The van der Waals surface area contributed by atoms with Crippen LogP contribution in [0, 0.1) is 0 Å². The number of nitrogens with zero attached hydrogens (tertiary/aromatic N) is 3. The number of aryl methyl sites for hydroxylation is 1. The van der Waals surface area contributed by atoms with E-state index in [1.54, 1.807) is 10.7 Å². The third kappa shape index (κ3) is 1.53. The largest absolute Gasteiger partial charge is 0.398 e. The molecule has 0 amide bonds. The molecular weight excluding hydrogens is 236 g/mol. The standard InChI is InChI=1S/C15H14N4/c16-15-12-3-1-2-10(12)4-5-13(15)11-8-17-14-6-7-18-19(14)9-11/h4-9H,1-3,16H2. The number of hydrogen-bond acceptors (Lipinski definition) is 3. The minimum Gasteiger partial charge on any atom is -0.398 e. The first kappa shape index (κ1) is 10.6. The summed E-state index contributed by atoms with van der Waals surface area (Å²) in [5.41, 5.74) is 12.9. The molecule has 0 radical (unpaired) electrons. The SMILES string of the molecule is Nc1c(-c2cnc3ccnn3c2)ccc2c1CCC2. The van der Waals surface area contributed by atoms with Crippen molar-refractivity contribution in [2.75, 3.05) is 5.73 Å². The monoisotopic (exact) mass is 250 g/mol. The third-order valence-corrected chi connectivity index (χ3v) is 3.88. The second-order valence-corrected chi connectivity index (χ2v) is 4.99. The molecule has 1 aliphatic rings. The Morgan fingerprint density at radius 1 is 1.16 bits per heavy atom. The van der Waals surface area contributed by atoms with E-state index < -0.39 is 0 Å². The summed E-state index contributed by atoms with van der Waals surface area (Å²) in [4.78, 5) is 4.40. The van der Waals surface area contributed by atoms with Crippen molar-refractivity contribution in [3.05, 3.63) is 47.9 Å². The van der Waals surface area contributed by atoms with Gasteiger partial charge in [-0.2, -0.15) is 5.10 Å². The highest BCUT2D eigenvalue weighted by Gasteiger charge is 2.17. The van der Waals surface area contributed by atoms with Gasteiger partial charge in [0.1, 0.15) is 0 Å². The lowest BCUT2D eigenvalue weighted by Crippen LogP contribution is -1.98. The quantitative estimate of drug-likeness (QED) is 0.675. The summed E-state index contributed by atoms with van der Waals surface area (Å²) >= 11 is 0. The minimum absolute atomic E-state index is 0.850. The lowest BCUT2D eigenvalue weighted by molar-refractivity contribution is 0.912. The number of hydrogen-bond donors (Lipinski definition) is 1. The molecule has 0 fully saturated rings. The number of aromatic nitrogens is 3. The first-order chi connectivity index (χ1) is 9.33. The fourth-order valence-electron chi connectivity index (χ4n) is 2.90. The van der Waals surface area contributed by atoms with Gasteiger partial charge in [-0.15, -0.1) is 0 Å². The first-order valence-corrected chi connectivity index (χ1v) is 6.53. The molecule has 0 saturated heterocycles. The predicted octanol–water partition coefficient (Wildman–Crippen LogP) is 2.47. The van der Waals surface area contributed by atoms with Gasteiger partial charge < -0.3 is 5.73 Å². The number of nitrogen functional groups attached to an aromatic ring is 1. The molecule has 0 saturated carbocycles. The van der Waals surface area contributed by atoms with Crippen molar-refractivity contribution in [3.63, 3.8) is 0 Å². The summed E-state index contributed by atoms with van der Waals surface area (Å²) < 4.78 is 1.78. The lowest BCUT2D eigenvalue weighted by Gasteiger charge is -2.10. The molecule has 3 aromatic rings. The molecular formula is C15H14N4. The molecule has 2 heterocycles. The van der Waals surface area contributed by atoms with E-state index in [0.29, 0.717) is 0 Å². The Morgan fingerprint density at radius 2 is 2.11 bits per heavy atom. The van der Waals surface area contributed by atoms with Crippen LogP contribution in [0.25, 0.3) is 16.8 Å². The molecule has 0 atom stereocenters. The maximum Gasteiger partial charge on any atom is 0.154 e. The Kier molecular flexibility index (Phi) is 2.12. The van der Waals surface area contributed by atoms with Crippen LogP contribution in [0.3, 0.4) is 0 Å². The van der Waals surface area contributed by atoms with E-state index in [1.165, 1.54) is 17.5 Å². The predicted molar refractivity (Wildman–Crippen MR) is 74.9 cm³/mol. The van der Waals surface area contributed by atoms with Gasteiger partial charge >= 0.3 is 0 Å². The van der Waals surface area contributed by atoms with Gasteiger partial charge in [0.25, 0.3) is 0 Å². The maximum absolute atomic E-state index is 6.33. The fourth-order valence-corrected chi connectivity index (χ4v) is 2.90. The van der Waals surface area contributed by atoms with Crippen LogP contribution in [-0.2, 0) is 12.8 Å². The van der Waals surface area contributed by atoms with Crippen LogP contribution >= 0.6 is 0 Å². The van der Waals surface area contributed by atoms with Gasteiger partial charge in [0.05, 0.1) is 6.20 Å². The number of nitrogens with two attached hydrogens (primary N) is 1. The fraction of sp³-hybridized carbons (Fsp3) is 0.200. The number of fused-ring (bicyclic) bond motifs is 2. The van der Waals surface area contributed by atoms with Crippen molar-refractivity contribution in [2.45, 2.75) is 19.3 Å². The Bertz CT molecular complexity index is 773. The molecule has 4 rings (SSSR count). The average molecular weight is 250 g/mol. The zero-order valence-electron chi connectivity index (χ0n) is 10.5. The van der Waals surface area contributed by atoms with E-state index in [0.717, 1.165) is 35.3 Å². The van der Waals surface area contributed by atoms with Crippen LogP contribution < -0.4 is 5.73 Å². The molecule has 4 nitrogen and oxygen atoms in total. The van der Waals surface area contributed by atoms with Gasteiger partial charge in [-0.1, -0.05) is 12.1 Å². The van der Waals surface area contributed by atoms with E-state index in [1.807, 2.05) is 18.5 Å². The van der Waals surface area contributed by atoms with Crippen molar-refractivity contribution in [1.29, 1.82) is 0 Å². The molecule has 19 heavy (non-hydrogen) atoms. The second-order valence-electron chi connectivity index (χ2n) is 4.99. The molecule has 0 spiro atoms. The van der Waals surface area contributed by atoms with Crippen LogP contribution in [0.15, 0.2) is 36.8 Å². The van der Waals surface area contributed by atoms with E-state index in [4.69, 9.17) is 5.73 Å². The Labute approximate surface area is 110 Å². The topological polar surface area (TPSA) is 56.2 Å². The summed E-state index contributed by atoms with van der Waals surface area (Å²) in [6, 6.07) is 6.18. The normalized spacial score (nSPS) is 13.9. The zero-order chi connectivity index (χ0) is 12.8. The van der Waals surface area contributed by atoms with Gasteiger partial charge in [0.2, 0.25) is 0 Å². The van der Waals surface area contributed by atoms with Gasteiger partial charge in [0.15, 0.2) is 5.65 Å². The summed E-state index contributed by atoms with van der Waals surface area (Å²) in [6.45, 7) is 0. The summed E-state index contributed by atoms with van der Waals surface area (Å²) in [5, 5.41) is 4.22. The number of anilines is 1. The van der Waals surface area contributed by atoms with Gasteiger partial charge in [0, 0.05) is 35.3 Å². The minimum atomic E-state index is 0.850. The average Bonchev–Trinajstić information content (AvgIpc) is 3.07. The van der Waals surface area contributed by atoms with Crippen LogP contribution in [0.4, 0.5) is 5.69 Å². The molecule has 0 aliphatic heterocycles. The molecule has 1 aromatic carbocycles. The third-order valence-electron chi connectivity index (χ3n) is 3.88. The Hall–Kier alpha value is -2.36. The number of rotatable bonds is 1. The van der Waals surface area contributed by atoms with Crippen molar-refractivity contribution >= 4 is 11.3 Å². The Balaban J connectivity index is 1.92. The zero-order valence-corrected chi connectivity index (χ0v) is 10.5. The van der Waals surface area contributed by atoms with Crippen molar-refractivity contribution in [3.8, 4) is 11.1 Å². The van der Waals surface area contributed by atoms with Crippen LogP contribution in [0.2, 0.25) is 0 Å². The van der Waals surface area contributed by atoms with Crippen LogP contribution in [0.5, 0.6) is 0 Å². The first-order valence-electron chi connectivity index (χ1n) is 6.53. The highest BCUT2D eigenvalue weighted by molar-refractivity contribution is 5.79. The lowest BCUT2D eigenvalue weighted by atomic mass is 9.99. The van der Waals surface area contributed by atoms with Gasteiger partial charge in [-0.05, 0) is 30.4 Å². The van der Waals surface area contributed by atoms with Gasteiger partial charge in [-0.25, -0.2) is 9.50 Å². The van der Waals surface area contributed by atoms with E-state index in [9.17, 15) is 0 Å². The van der Waals surface area contributed by atoms with Crippen LogP contribution in [-0.4, -0.2) is 14.6 Å². The number of benzene rings is 1. The summed E-state index contributed by atoms with van der Waals surface area (Å²) in [7, 11) is 0. The molecule has 2 N–H and O–H groups in total. The molecule has 1 aliphatic carbocycles. The highest BCUT2D eigenvalue weighted by atomic mass is 15.2. The maximum atomic E-state index is 6.33. The molecule has 94 valence electrons. The van der Waals surface area contributed by atoms with Crippen molar-refractivity contribution in [1.82, 2.24) is 14.6 Å². The Morgan fingerprint density at radius 3 is 3.05 bits per heavy atom. The smallest absolute Gasteiger partial charge is 0.154 e. The highest BCUT2D eigenvalue weighted by Crippen LogP contribution is 2.34. The summed E-state index contributed by atoms with van der Waals surface area (Å²) in [6.07, 6.45) is 9.04. The van der Waals surface area contributed by atoms with E-state index >= 15 is 0 Å². The van der Waals surface area contributed by atoms with Gasteiger partial charge in [-0.3, -0.25) is 0 Å². The molecule has 4 heteroatoms. The van der Waals surface area contributed by atoms with Crippen molar-refractivity contribution in [2.24, 2.45) is 0 Å². The second kappa shape index (κ2) is 3.82.